The van der Waals surface area contributed by atoms with Crippen LogP contribution in [0.3, 0.4) is 0 Å². The molecule has 0 bridgehead atoms. The summed E-state index contributed by atoms with van der Waals surface area (Å²) in [5.41, 5.74) is 1.53. The van der Waals surface area contributed by atoms with E-state index in [1.807, 2.05) is 0 Å². The second-order valence-electron chi connectivity index (χ2n) is 10.6. The molecule has 5 rings (SSSR count). The molecule has 4 N–H and O–H groups in total. The van der Waals surface area contributed by atoms with Crippen molar-refractivity contribution in [3.63, 3.8) is 0 Å². The Morgan fingerprint density at radius 1 is 1.18 bits per heavy atom. The average Bonchev–Trinajstić information content (AvgIpc) is 3.66. The smallest absolute Gasteiger partial charge is 0.247 e. The second kappa shape index (κ2) is 12.8. The zero-order chi connectivity index (χ0) is 28.2. The molecule has 1 aromatic carbocycles. The van der Waals surface area contributed by atoms with Crippen LogP contribution in [0.4, 0.5) is 0 Å². The molecule has 2 fully saturated rings. The van der Waals surface area contributed by atoms with Gasteiger partial charge in [-0.15, -0.1) is 0 Å². The van der Waals surface area contributed by atoms with Gasteiger partial charge in [0.1, 0.15) is 12.2 Å². The minimum Gasteiger partial charge on any atom is -0.493 e. The zero-order valence-electron chi connectivity index (χ0n) is 22.8. The summed E-state index contributed by atoms with van der Waals surface area (Å²) >= 11 is 0. The highest BCUT2D eigenvalue weighted by molar-refractivity contribution is 5.96. The van der Waals surface area contributed by atoms with Crippen LogP contribution in [0.2, 0.25) is 0 Å². The number of nitrogens with one attached hydrogen (secondary N) is 1. The van der Waals surface area contributed by atoms with Crippen LogP contribution in [0.25, 0.3) is 0 Å². The molecule has 0 spiro atoms. The molecule has 40 heavy (non-hydrogen) atoms. The maximum absolute atomic E-state index is 13.8. The average molecular weight is 562 g/mol. The molecule has 12 heteroatoms. The number of rotatable bonds is 10. The van der Waals surface area contributed by atoms with E-state index in [0.717, 1.165) is 13.1 Å². The van der Waals surface area contributed by atoms with Crippen molar-refractivity contribution in [2.45, 2.75) is 37.2 Å². The number of carbonyl (C=O) groups excluding carboxylic acids is 2. The number of aliphatic hydroxyl groups excluding tert-OH is 3. The van der Waals surface area contributed by atoms with Crippen molar-refractivity contribution in [3.8, 4) is 11.5 Å². The Kier molecular flexibility index (Phi) is 9.24. The summed E-state index contributed by atoms with van der Waals surface area (Å²) in [6.45, 7) is 4.09. The van der Waals surface area contributed by atoms with Crippen molar-refractivity contribution in [2.75, 3.05) is 72.9 Å². The molecule has 220 valence electrons. The largest absolute Gasteiger partial charge is 0.493 e. The third-order valence-electron chi connectivity index (χ3n) is 8.18. The van der Waals surface area contributed by atoms with Gasteiger partial charge in [0.2, 0.25) is 11.8 Å². The molecule has 12 nitrogen and oxygen atoms in total. The van der Waals surface area contributed by atoms with Gasteiger partial charge >= 0.3 is 0 Å². The van der Waals surface area contributed by atoms with Crippen LogP contribution in [-0.2, 0) is 25.7 Å². The van der Waals surface area contributed by atoms with E-state index in [-0.39, 0.29) is 31.6 Å². The van der Waals surface area contributed by atoms with E-state index < -0.39 is 30.1 Å². The number of aliphatic hydroxyl groups is 3. The maximum Gasteiger partial charge on any atom is 0.247 e. The number of fused-ring (bicyclic) bond motifs is 3. The van der Waals surface area contributed by atoms with E-state index in [4.69, 9.17) is 18.9 Å². The first kappa shape index (κ1) is 28.8. The predicted molar refractivity (Wildman–Crippen MR) is 142 cm³/mol. The SMILES string of the molecule is COc1cc(CO)cc2c1OC1C2C(C(=O)NCCO)=CC(N(CCN2CCOCC2)C(=O)C2CCOC2)C1O. The van der Waals surface area contributed by atoms with Gasteiger partial charge < -0.3 is 44.5 Å². The van der Waals surface area contributed by atoms with E-state index in [1.54, 1.807) is 23.1 Å². The molecule has 2 amide bonds. The maximum atomic E-state index is 13.8. The van der Waals surface area contributed by atoms with Crippen LogP contribution >= 0.6 is 0 Å². The zero-order valence-corrected chi connectivity index (χ0v) is 22.8. The van der Waals surface area contributed by atoms with Crippen LogP contribution in [0.15, 0.2) is 23.8 Å². The number of methoxy groups -OCH3 is 1. The summed E-state index contributed by atoms with van der Waals surface area (Å²) < 4.78 is 22.8. The third-order valence-corrected chi connectivity index (χ3v) is 8.18. The molecule has 5 atom stereocenters. The number of hydrogen-bond acceptors (Lipinski definition) is 10. The van der Waals surface area contributed by atoms with Gasteiger partial charge in [-0.3, -0.25) is 14.5 Å². The number of benzene rings is 1. The minimum atomic E-state index is -1.15. The number of hydrogen-bond donors (Lipinski definition) is 4. The molecule has 4 aliphatic rings. The number of nitrogens with zero attached hydrogens (tertiary/aromatic N) is 2. The normalized spacial score (nSPS) is 27.8. The summed E-state index contributed by atoms with van der Waals surface area (Å²) in [4.78, 5) is 31.2. The number of carbonyl (C=O) groups is 2. The van der Waals surface area contributed by atoms with Crippen molar-refractivity contribution >= 4 is 11.8 Å². The quantitative estimate of drug-likeness (QED) is 0.280. The lowest BCUT2D eigenvalue weighted by Gasteiger charge is -2.42. The Morgan fingerprint density at radius 3 is 2.65 bits per heavy atom. The predicted octanol–water partition coefficient (Wildman–Crippen LogP) is -0.993. The van der Waals surface area contributed by atoms with Gasteiger partial charge in [0.25, 0.3) is 0 Å². The van der Waals surface area contributed by atoms with Crippen LogP contribution in [-0.4, -0.2) is 128 Å². The van der Waals surface area contributed by atoms with Crippen LogP contribution in [0.5, 0.6) is 11.5 Å². The molecular weight excluding hydrogens is 522 g/mol. The molecule has 3 heterocycles. The molecular formula is C28H39N3O9. The summed E-state index contributed by atoms with van der Waals surface area (Å²) in [5, 5.41) is 33.7. The van der Waals surface area contributed by atoms with E-state index in [1.165, 1.54) is 7.11 Å². The Hall–Kier alpha value is -2.74. The Labute approximate surface area is 233 Å². The van der Waals surface area contributed by atoms with Crippen LogP contribution in [0.1, 0.15) is 23.5 Å². The van der Waals surface area contributed by atoms with E-state index >= 15 is 0 Å². The number of amides is 2. The molecule has 0 saturated carbocycles. The van der Waals surface area contributed by atoms with E-state index in [2.05, 4.69) is 10.2 Å². The molecule has 0 radical (unpaired) electrons. The Balaban J connectivity index is 1.52. The van der Waals surface area contributed by atoms with Gasteiger partial charge in [-0.05, 0) is 30.2 Å². The minimum absolute atomic E-state index is 0.0492. The summed E-state index contributed by atoms with van der Waals surface area (Å²) in [5.74, 6) is -0.760. The number of morpholine rings is 1. The lowest BCUT2D eigenvalue weighted by Crippen LogP contribution is -2.58. The van der Waals surface area contributed by atoms with Crippen molar-refractivity contribution in [1.29, 1.82) is 0 Å². The fourth-order valence-electron chi connectivity index (χ4n) is 6.06. The lowest BCUT2D eigenvalue weighted by atomic mass is 9.77. The summed E-state index contributed by atoms with van der Waals surface area (Å²) in [6, 6.07) is 2.58. The van der Waals surface area contributed by atoms with E-state index in [9.17, 15) is 24.9 Å². The van der Waals surface area contributed by atoms with Crippen molar-refractivity contribution in [1.82, 2.24) is 15.1 Å². The summed E-state index contributed by atoms with van der Waals surface area (Å²) in [7, 11) is 1.49. The van der Waals surface area contributed by atoms with Crippen molar-refractivity contribution in [3.05, 3.63) is 34.9 Å². The van der Waals surface area contributed by atoms with Gasteiger partial charge in [0.05, 0.1) is 58.0 Å². The molecule has 5 unspecified atom stereocenters. The highest BCUT2D eigenvalue weighted by atomic mass is 16.5. The van der Waals surface area contributed by atoms with Gasteiger partial charge in [0.15, 0.2) is 11.5 Å². The first-order valence-electron chi connectivity index (χ1n) is 13.9. The van der Waals surface area contributed by atoms with Gasteiger partial charge in [-0.1, -0.05) is 0 Å². The standard InChI is InChI=1S/C28H39N3O9/c1-37-22-13-17(15-33)12-19-23-20(27(35)29-3-8-32)14-21(24(34)26(23)40-25(19)22)31(28(36)18-2-9-39-16-18)5-4-30-6-10-38-11-7-30/h12-14,18,21,23-24,26,32-34H,2-11,15-16H2,1H3,(H,29,35). The fraction of sp³-hybridized carbons (Fsp3) is 0.643. The molecule has 0 aromatic heterocycles. The highest BCUT2D eigenvalue weighted by Gasteiger charge is 2.52. The summed E-state index contributed by atoms with van der Waals surface area (Å²) in [6.07, 6.45) is 0.242. The fourth-order valence-corrected chi connectivity index (χ4v) is 6.06. The van der Waals surface area contributed by atoms with Crippen molar-refractivity contribution in [2.24, 2.45) is 5.92 Å². The van der Waals surface area contributed by atoms with Gasteiger partial charge in [-0.25, -0.2) is 0 Å². The van der Waals surface area contributed by atoms with Gasteiger partial charge in [-0.2, -0.15) is 0 Å². The molecule has 1 aliphatic carbocycles. The molecule has 3 aliphatic heterocycles. The first-order valence-corrected chi connectivity index (χ1v) is 13.9. The molecule has 1 aromatic rings. The van der Waals surface area contributed by atoms with E-state index in [0.29, 0.717) is 74.1 Å². The van der Waals surface area contributed by atoms with Gasteiger partial charge in [0, 0.05) is 50.5 Å². The highest BCUT2D eigenvalue weighted by Crippen LogP contribution is 2.51. The Bertz CT molecular complexity index is 1100. The lowest BCUT2D eigenvalue weighted by molar-refractivity contribution is -0.141. The van der Waals surface area contributed by atoms with Crippen LogP contribution in [0, 0.1) is 5.92 Å². The first-order chi connectivity index (χ1) is 19.5. The number of ether oxygens (including phenoxy) is 4. The van der Waals surface area contributed by atoms with Crippen LogP contribution < -0.4 is 14.8 Å². The monoisotopic (exact) mass is 561 g/mol. The third kappa shape index (κ3) is 5.69. The van der Waals surface area contributed by atoms with Crippen molar-refractivity contribution < 1.29 is 43.9 Å². The topological polar surface area (TPSA) is 150 Å². The second-order valence-corrected chi connectivity index (χ2v) is 10.6. The molecule has 2 saturated heterocycles. The Morgan fingerprint density at radius 2 is 1.98 bits per heavy atom.